The van der Waals surface area contributed by atoms with Crippen LogP contribution >= 0.6 is 15.9 Å². The topological polar surface area (TPSA) is 61.8 Å². The lowest BCUT2D eigenvalue weighted by Gasteiger charge is -2.18. The molecule has 3 rings (SSSR count). The number of aliphatic imine (C=N–C) groups is 1. The molecule has 0 bridgehead atoms. The molecule has 1 aliphatic heterocycles. The number of hydrogen-bond donors (Lipinski definition) is 1. The summed E-state index contributed by atoms with van der Waals surface area (Å²) in [6.45, 7) is 0. The van der Waals surface area contributed by atoms with E-state index in [2.05, 4.69) is 26.2 Å². The second-order valence-corrected chi connectivity index (χ2v) is 5.62. The molecule has 3 amide bonds. The van der Waals surface area contributed by atoms with Crippen LogP contribution in [0.4, 0.5) is 16.2 Å². The molecule has 1 aliphatic rings. The molecule has 1 saturated heterocycles. The number of nitrogens with one attached hydrogen (secondary N) is 1. The van der Waals surface area contributed by atoms with Crippen LogP contribution in [0.15, 0.2) is 64.1 Å². The summed E-state index contributed by atoms with van der Waals surface area (Å²) in [4.78, 5) is 29.6. The number of para-hydroxylation sites is 1. The molecular weight excluding hydrogens is 346 g/mol. The van der Waals surface area contributed by atoms with Gasteiger partial charge in [0.15, 0.2) is 6.04 Å². The smallest absolute Gasteiger partial charge is 0.277 e. The zero-order valence-electron chi connectivity index (χ0n) is 11.4. The standard InChI is InChI=1S/C16H12BrN3O2/c17-11-6-8-12(9-7-11)18-10-14-15(21)19-16(22)20(14)13-4-2-1-3-5-13/h1-10,14H,(H,19,21,22). The highest BCUT2D eigenvalue weighted by Gasteiger charge is 2.38. The molecule has 110 valence electrons. The molecule has 0 radical (unpaired) electrons. The Labute approximate surface area is 135 Å². The van der Waals surface area contributed by atoms with Crippen molar-refractivity contribution in [3.63, 3.8) is 0 Å². The van der Waals surface area contributed by atoms with Gasteiger partial charge in [0.2, 0.25) is 0 Å². The first kappa shape index (κ1) is 14.5. The average Bonchev–Trinajstić information content (AvgIpc) is 2.81. The molecule has 1 fully saturated rings. The van der Waals surface area contributed by atoms with Crippen molar-refractivity contribution in [1.82, 2.24) is 5.32 Å². The summed E-state index contributed by atoms with van der Waals surface area (Å²) in [7, 11) is 0. The fourth-order valence-corrected chi connectivity index (χ4v) is 2.43. The summed E-state index contributed by atoms with van der Waals surface area (Å²) >= 11 is 3.35. The summed E-state index contributed by atoms with van der Waals surface area (Å²) in [5.41, 5.74) is 1.36. The lowest BCUT2D eigenvalue weighted by atomic mass is 10.2. The van der Waals surface area contributed by atoms with Crippen LogP contribution in [0.25, 0.3) is 0 Å². The molecule has 1 unspecified atom stereocenters. The van der Waals surface area contributed by atoms with Crippen molar-refractivity contribution in [3.8, 4) is 0 Å². The second-order valence-electron chi connectivity index (χ2n) is 4.70. The van der Waals surface area contributed by atoms with Crippen molar-refractivity contribution >= 4 is 45.5 Å². The molecule has 1 heterocycles. The molecule has 6 heteroatoms. The summed E-state index contributed by atoms with van der Waals surface area (Å²) in [5, 5.41) is 2.31. The van der Waals surface area contributed by atoms with E-state index in [1.807, 2.05) is 42.5 Å². The Morgan fingerprint density at radius 1 is 1.05 bits per heavy atom. The summed E-state index contributed by atoms with van der Waals surface area (Å²) in [6, 6.07) is 15.2. The van der Waals surface area contributed by atoms with Crippen LogP contribution in [0.1, 0.15) is 0 Å². The lowest BCUT2D eigenvalue weighted by molar-refractivity contribution is -0.118. The lowest BCUT2D eigenvalue weighted by Crippen LogP contribution is -2.36. The van der Waals surface area contributed by atoms with Crippen molar-refractivity contribution < 1.29 is 9.59 Å². The predicted octanol–water partition coefficient (Wildman–Crippen LogP) is 3.28. The Morgan fingerprint density at radius 3 is 2.41 bits per heavy atom. The second kappa shape index (κ2) is 6.11. The minimum Gasteiger partial charge on any atom is -0.277 e. The van der Waals surface area contributed by atoms with E-state index in [4.69, 9.17) is 0 Å². The van der Waals surface area contributed by atoms with Gasteiger partial charge in [-0.3, -0.25) is 20.0 Å². The highest BCUT2D eigenvalue weighted by molar-refractivity contribution is 9.10. The van der Waals surface area contributed by atoms with Crippen molar-refractivity contribution in [2.45, 2.75) is 6.04 Å². The van der Waals surface area contributed by atoms with Crippen molar-refractivity contribution in [3.05, 3.63) is 59.1 Å². The average molecular weight is 358 g/mol. The van der Waals surface area contributed by atoms with Gasteiger partial charge in [0, 0.05) is 16.4 Å². The normalized spacial score (nSPS) is 18.0. The zero-order chi connectivity index (χ0) is 15.5. The van der Waals surface area contributed by atoms with Gasteiger partial charge >= 0.3 is 6.03 Å². The SMILES string of the molecule is O=C1NC(=O)N(c2ccccc2)C1C=Nc1ccc(Br)cc1. The first-order valence-corrected chi connectivity index (χ1v) is 7.43. The highest BCUT2D eigenvalue weighted by atomic mass is 79.9. The molecule has 5 nitrogen and oxygen atoms in total. The van der Waals surface area contributed by atoms with Gasteiger partial charge in [0.25, 0.3) is 5.91 Å². The predicted molar refractivity (Wildman–Crippen MR) is 88.5 cm³/mol. The maximum absolute atomic E-state index is 12.0. The van der Waals surface area contributed by atoms with E-state index in [9.17, 15) is 9.59 Å². The van der Waals surface area contributed by atoms with E-state index in [1.165, 1.54) is 11.1 Å². The molecule has 0 spiro atoms. The fraction of sp³-hybridized carbons (Fsp3) is 0.0625. The number of anilines is 1. The van der Waals surface area contributed by atoms with Gasteiger partial charge in [-0.25, -0.2) is 4.79 Å². The molecule has 2 aromatic carbocycles. The van der Waals surface area contributed by atoms with Crippen LogP contribution in [-0.4, -0.2) is 24.2 Å². The van der Waals surface area contributed by atoms with Gasteiger partial charge in [0.1, 0.15) is 0 Å². The quantitative estimate of drug-likeness (QED) is 0.676. The van der Waals surface area contributed by atoms with Crippen LogP contribution in [0.2, 0.25) is 0 Å². The van der Waals surface area contributed by atoms with Gasteiger partial charge in [-0.2, -0.15) is 0 Å². The number of carbonyl (C=O) groups excluding carboxylic acids is 2. The number of benzene rings is 2. The maximum Gasteiger partial charge on any atom is 0.329 e. The van der Waals surface area contributed by atoms with Gasteiger partial charge in [-0.15, -0.1) is 0 Å². The summed E-state index contributed by atoms with van der Waals surface area (Å²) < 4.78 is 0.950. The minimum atomic E-state index is -0.751. The molecule has 0 saturated carbocycles. The molecular formula is C16H12BrN3O2. The van der Waals surface area contributed by atoms with Crippen LogP contribution < -0.4 is 10.2 Å². The minimum absolute atomic E-state index is 0.380. The van der Waals surface area contributed by atoms with Crippen LogP contribution in [0.3, 0.4) is 0 Å². The number of rotatable bonds is 3. The monoisotopic (exact) mass is 357 g/mol. The molecule has 22 heavy (non-hydrogen) atoms. The van der Waals surface area contributed by atoms with Crippen LogP contribution in [0, 0.1) is 0 Å². The van der Waals surface area contributed by atoms with E-state index < -0.39 is 12.1 Å². The number of hydrogen-bond acceptors (Lipinski definition) is 3. The Balaban J connectivity index is 1.88. The number of urea groups is 1. The molecule has 1 N–H and O–H groups in total. The maximum atomic E-state index is 12.0. The Bertz CT molecular complexity index is 729. The van der Waals surface area contributed by atoms with Crippen LogP contribution in [-0.2, 0) is 4.79 Å². The number of imide groups is 1. The number of halogens is 1. The molecule has 0 aliphatic carbocycles. The van der Waals surface area contributed by atoms with Crippen molar-refractivity contribution in [2.75, 3.05) is 4.90 Å². The first-order valence-electron chi connectivity index (χ1n) is 6.64. The van der Waals surface area contributed by atoms with E-state index in [1.54, 1.807) is 12.1 Å². The third kappa shape index (κ3) is 2.92. The van der Waals surface area contributed by atoms with Crippen LogP contribution in [0.5, 0.6) is 0 Å². The van der Waals surface area contributed by atoms with E-state index in [-0.39, 0.29) is 5.91 Å². The van der Waals surface area contributed by atoms with E-state index in [0.717, 1.165) is 4.47 Å². The van der Waals surface area contributed by atoms with Gasteiger partial charge in [-0.05, 0) is 36.4 Å². The third-order valence-electron chi connectivity index (χ3n) is 3.22. The van der Waals surface area contributed by atoms with Gasteiger partial charge < -0.3 is 0 Å². The Kier molecular flexibility index (Phi) is 4.02. The van der Waals surface area contributed by atoms with E-state index in [0.29, 0.717) is 11.4 Å². The Morgan fingerprint density at radius 2 is 1.73 bits per heavy atom. The number of nitrogens with zero attached hydrogens (tertiary/aromatic N) is 2. The summed E-state index contributed by atoms with van der Waals surface area (Å²) in [5.74, 6) is -0.380. The zero-order valence-corrected chi connectivity index (χ0v) is 13.0. The molecule has 2 aromatic rings. The van der Waals surface area contributed by atoms with Gasteiger partial charge in [-0.1, -0.05) is 34.1 Å². The highest BCUT2D eigenvalue weighted by Crippen LogP contribution is 2.21. The van der Waals surface area contributed by atoms with E-state index >= 15 is 0 Å². The fourth-order valence-electron chi connectivity index (χ4n) is 2.17. The molecule has 0 aromatic heterocycles. The van der Waals surface area contributed by atoms with Gasteiger partial charge in [0.05, 0.1) is 5.69 Å². The largest absolute Gasteiger partial charge is 0.329 e. The number of amides is 3. The third-order valence-corrected chi connectivity index (χ3v) is 3.75. The van der Waals surface area contributed by atoms with Crippen molar-refractivity contribution in [1.29, 1.82) is 0 Å². The molecule has 1 atom stereocenters. The Hall–Kier alpha value is -2.47. The number of carbonyl (C=O) groups is 2. The summed E-state index contributed by atoms with van der Waals surface area (Å²) in [6.07, 6.45) is 1.48. The van der Waals surface area contributed by atoms with Crippen molar-refractivity contribution in [2.24, 2.45) is 4.99 Å². The first-order chi connectivity index (χ1) is 10.6.